The summed E-state index contributed by atoms with van der Waals surface area (Å²) in [5, 5.41) is 8.79. The van der Waals surface area contributed by atoms with Crippen molar-refractivity contribution in [2.75, 3.05) is 6.61 Å². The van der Waals surface area contributed by atoms with Gasteiger partial charge in [-0.1, -0.05) is 38.0 Å². The lowest BCUT2D eigenvalue weighted by Crippen LogP contribution is -2.03. The highest BCUT2D eigenvalue weighted by atomic mass is 19.2. The van der Waals surface area contributed by atoms with Gasteiger partial charge in [-0.2, -0.15) is 0 Å². The zero-order valence-corrected chi connectivity index (χ0v) is 12.8. The summed E-state index contributed by atoms with van der Waals surface area (Å²) < 4.78 is 33.3. The van der Waals surface area contributed by atoms with Crippen molar-refractivity contribution in [3.63, 3.8) is 0 Å². The minimum absolute atomic E-state index is 0.0185. The van der Waals surface area contributed by atoms with E-state index >= 15 is 0 Å². The molecule has 5 heteroatoms. The second-order valence-electron chi connectivity index (χ2n) is 5.17. The third-order valence-corrected chi connectivity index (χ3v) is 3.49. The fourth-order valence-corrected chi connectivity index (χ4v) is 2.21. The van der Waals surface area contributed by atoms with E-state index in [-0.39, 0.29) is 5.56 Å². The molecule has 2 aromatic carbocycles. The van der Waals surface area contributed by atoms with Crippen LogP contribution in [0.5, 0.6) is 5.75 Å². The predicted octanol–water partition coefficient (Wildman–Crippen LogP) is 4.90. The van der Waals surface area contributed by atoms with E-state index in [2.05, 4.69) is 6.92 Å². The van der Waals surface area contributed by atoms with E-state index in [4.69, 9.17) is 9.84 Å². The van der Waals surface area contributed by atoms with Gasteiger partial charge < -0.3 is 9.84 Å². The van der Waals surface area contributed by atoms with E-state index in [1.807, 2.05) is 0 Å². The maximum atomic E-state index is 14.0. The molecule has 0 heterocycles. The molecule has 0 spiro atoms. The van der Waals surface area contributed by atoms with Crippen molar-refractivity contribution in [1.82, 2.24) is 0 Å². The minimum Gasteiger partial charge on any atom is -0.494 e. The van der Waals surface area contributed by atoms with Gasteiger partial charge >= 0.3 is 5.97 Å². The van der Waals surface area contributed by atoms with Crippen LogP contribution in [0.25, 0.3) is 11.1 Å². The van der Waals surface area contributed by atoms with Crippen LogP contribution in [-0.2, 0) is 0 Å². The highest BCUT2D eigenvalue weighted by Crippen LogP contribution is 2.28. The van der Waals surface area contributed by atoms with Crippen LogP contribution >= 0.6 is 0 Å². The van der Waals surface area contributed by atoms with Gasteiger partial charge in [0.05, 0.1) is 12.2 Å². The standard InChI is InChI=1S/C18H18F2O3/c1-2-3-4-11-23-13-7-5-12(6-8-13)14-9-10-15(18(21)22)17(20)16(14)19/h5-10H,2-4,11H2,1H3,(H,21,22). The number of halogens is 2. The number of benzene rings is 2. The summed E-state index contributed by atoms with van der Waals surface area (Å²) in [6, 6.07) is 8.93. The molecule has 2 rings (SSSR count). The molecule has 0 bridgehead atoms. The second kappa shape index (κ2) is 7.72. The molecular weight excluding hydrogens is 302 g/mol. The van der Waals surface area contributed by atoms with Crippen LogP contribution in [0.2, 0.25) is 0 Å². The van der Waals surface area contributed by atoms with Crippen LogP contribution in [0, 0.1) is 11.6 Å². The highest BCUT2D eigenvalue weighted by Gasteiger charge is 2.18. The van der Waals surface area contributed by atoms with Gasteiger partial charge in [-0.15, -0.1) is 0 Å². The maximum absolute atomic E-state index is 14.0. The van der Waals surface area contributed by atoms with Crippen LogP contribution in [0.1, 0.15) is 36.5 Å². The summed E-state index contributed by atoms with van der Waals surface area (Å²) >= 11 is 0. The molecule has 0 radical (unpaired) electrons. The fourth-order valence-electron chi connectivity index (χ4n) is 2.21. The van der Waals surface area contributed by atoms with E-state index in [1.54, 1.807) is 24.3 Å². The molecule has 0 aliphatic rings. The van der Waals surface area contributed by atoms with Crippen LogP contribution in [-0.4, -0.2) is 17.7 Å². The zero-order valence-electron chi connectivity index (χ0n) is 12.8. The molecule has 0 saturated heterocycles. The van der Waals surface area contributed by atoms with E-state index in [1.165, 1.54) is 6.07 Å². The van der Waals surface area contributed by atoms with Crippen LogP contribution in [0.4, 0.5) is 8.78 Å². The van der Waals surface area contributed by atoms with E-state index in [0.717, 1.165) is 25.3 Å². The lowest BCUT2D eigenvalue weighted by atomic mass is 10.0. The second-order valence-corrected chi connectivity index (χ2v) is 5.17. The molecule has 122 valence electrons. The Bertz CT molecular complexity index is 681. The largest absolute Gasteiger partial charge is 0.494 e. The molecule has 0 aliphatic heterocycles. The summed E-state index contributed by atoms with van der Waals surface area (Å²) in [7, 11) is 0. The first kappa shape index (κ1) is 16.9. The van der Waals surface area contributed by atoms with Crippen molar-refractivity contribution >= 4 is 5.97 Å². The average molecular weight is 320 g/mol. The number of hydrogen-bond acceptors (Lipinski definition) is 2. The van der Waals surface area contributed by atoms with Crippen LogP contribution in [0.15, 0.2) is 36.4 Å². The van der Waals surface area contributed by atoms with Gasteiger partial charge in [-0.05, 0) is 30.2 Å². The number of carboxylic acids is 1. The smallest absolute Gasteiger partial charge is 0.338 e. The first-order valence-corrected chi connectivity index (χ1v) is 7.49. The molecule has 0 fully saturated rings. The molecular formula is C18H18F2O3. The van der Waals surface area contributed by atoms with Crippen molar-refractivity contribution in [1.29, 1.82) is 0 Å². The molecule has 0 aromatic heterocycles. The van der Waals surface area contributed by atoms with Gasteiger partial charge in [0.2, 0.25) is 0 Å². The van der Waals surface area contributed by atoms with Gasteiger partial charge in [0, 0.05) is 5.56 Å². The van der Waals surface area contributed by atoms with Crippen molar-refractivity contribution in [3.8, 4) is 16.9 Å². The summed E-state index contributed by atoms with van der Waals surface area (Å²) in [6.07, 6.45) is 3.17. The van der Waals surface area contributed by atoms with Crippen LogP contribution in [0.3, 0.4) is 0 Å². The number of ether oxygens (including phenoxy) is 1. The Hall–Kier alpha value is -2.43. The van der Waals surface area contributed by atoms with Gasteiger partial charge in [0.15, 0.2) is 11.6 Å². The zero-order chi connectivity index (χ0) is 16.8. The van der Waals surface area contributed by atoms with Gasteiger partial charge in [-0.25, -0.2) is 13.6 Å². The van der Waals surface area contributed by atoms with Gasteiger partial charge in [-0.3, -0.25) is 0 Å². The Morgan fingerprint density at radius 1 is 1.04 bits per heavy atom. The first-order valence-electron chi connectivity index (χ1n) is 7.49. The van der Waals surface area contributed by atoms with Crippen LogP contribution < -0.4 is 4.74 Å². The Balaban J connectivity index is 2.16. The average Bonchev–Trinajstić information content (AvgIpc) is 2.54. The molecule has 0 atom stereocenters. The van der Waals surface area contributed by atoms with Gasteiger partial charge in [0.25, 0.3) is 0 Å². The quantitative estimate of drug-likeness (QED) is 0.738. The Morgan fingerprint density at radius 2 is 1.74 bits per heavy atom. The van der Waals surface area contributed by atoms with E-state index < -0.39 is 23.2 Å². The molecule has 0 amide bonds. The monoisotopic (exact) mass is 320 g/mol. The van der Waals surface area contributed by atoms with E-state index in [0.29, 0.717) is 17.9 Å². The summed E-state index contributed by atoms with van der Waals surface area (Å²) in [5.41, 5.74) is -0.202. The SMILES string of the molecule is CCCCCOc1ccc(-c2ccc(C(=O)O)c(F)c2F)cc1. The van der Waals surface area contributed by atoms with Crippen molar-refractivity contribution in [2.24, 2.45) is 0 Å². The summed E-state index contributed by atoms with van der Waals surface area (Å²) in [4.78, 5) is 10.8. The number of carboxylic acid groups (broad SMARTS) is 1. The van der Waals surface area contributed by atoms with Crippen molar-refractivity contribution in [2.45, 2.75) is 26.2 Å². The molecule has 0 saturated carbocycles. The molecule has 0 aliphatic carbocycles. The minimum atomic E-state index is -1.50. The van der Waals surface area contributed by atoms with E-state index in [9.17, 15) is 13.6 Å². The number of unbranched alkanes of at least 4 members (excludes halogenated alkanes) is 2. The molecule has 2 aromatic rings. The molecule has 1 N–H and O–H groups in total. The van der Waals surface area contributed by atoms with Gasteiger partial charge in [0.1, 0.15) is 5.75 Å². The lowest BCUT2D eigenvalue weighted by molar-refractivity contribution is 0.0690. The number of rotatable bonds is 7. The molecule has 0 unspecified atom stereocenters. The number of aromatic carboxylic acids is 1. The Labute approximate surface area is 133 Å². The third kappa shape index (κ3) is 4.06. The fraction of sp³-hybridized carbons (Fsp3) is 0.278. The topological polar surface area (TPSA) is 46.5 Å². The van der Waals surface area contributed by atoms with Crippen molar-refractivity contribution < 1.29 is 23.4 Å². The Morgan fingerprint density at radius 3 is 2.35 bits per heavy atom. The molecule has 3 nitrogen and oxygen atoms in total. The first-order chi connectivity index (χ1) is 11.0. The lowest BCUT2D eigenvalue weighted by Gasteiger charge is -2.09. The Kier molecular flexibility index (Phi) is 5.68. The summed E-state index contributed by atoms with van der Waals surface area (Å²) in [6.45, 7) is 2.72. The number of hydrogen-bond donors (Lipinski definition) is 1. The third-order valence-electron chi connectivity index (χ3n) is 3.49. The highest BCUT2D eigenvalue weighted by molar-refractivity contribution is 5.88. The number of carbonyl (C=O) groups is 1. The molecule has 23 heavy (non-hydrogen) atoms. The summed E-state index contributed by atoms with van der Waals surface area (Å²) in [5.74, 6) is -3.35. The predicted molar refractivity (Wildman–Crippen MR) is 83.8 cm³/mol. The maximum Gasteiger partial charge on any atom is 0.338 e. The van der Waals surface area contributed by atoms with Crippen molar-refractivity contribution in [3.05, 3.63) is 53.6 Å². The normalized spacial score (nSPS) is 10.6.